The van der Waals surface area contributed by atoms with Crippen LogP contribution in [-0.2, 0) is 0 Å². The second kappa shape index (κ2) is 5.63. The van der Waals surface area contributed by atoms with Gasteiger partial charge in [0.05, 0.1) is 0 Å². The molecule has 92 valence electrons. The first kappa shape index (κ1) is 13.2. The third-order valence-corrected chi connectivity index (χ3v) is 3.22. The molecule has 2 aromatic rings. The summed E-state index contributed by atoms with van der Waals surface area (Å²) in [5.74, 6) is 0.344. The molecule has 1 heterocycles. The summed E-state index contributed by atoms with van der Waals surface area (Å²) in [6.07, 6.45) is 1.63. The van der Waals surface area contributed by atoms with E-state index in [-0.39, 0.29) is 5.91 Å². The van der Waals surface area contributed by atoms with Gasteiger partial charge in [-0.25, -0.2) is 4.98 Å². The maximum Gasteiger partial charge on any atom is 0.256 e. The standard InChI is InChI=1S/C13H10Br2N2O/c1-8-4-9(6-11(15)5-8)13(18)17-12-7-10(14)2-3-16-12/h2-7H,1H3,(H,16,17,18). The number of pyridine rings is 1. The van der Waals surface area contributed by atoms with Crippen LogP contribution < -0.4 is 5.32 Å². The van der Waals surface area contributed by atoms with Gasteiger partial charge in [-0.3, -0.25) is 4.79 Å². The molecule has 0 aliphatic rings. The number of aromatic nitrogens is 1. The zero-order chi connectivity index (χ0) is 13.1. The molecule has 0 saturated heterocycles. The average molecular weight is 370 g/mol. The van der Waals surface area contributed by atoms with Crippen LogP contribution in [0.1, 0.15) is 15.9 Å². The highest BCUT2D eigenvalue weighted by molar-refractivity contribution is 9.10. The van der Waals surface area contributed by atoms with Gasteiger partial charge in [-0.15, -0.1) is 0 Å². The zero-order valence-corrected chi connectivity index (χ0v) is 12.7. The second-order valence-corrected chi connectivity index (χ2v) is 5.66. The molecule has 2 rings (SSSR count). The quantitative estimate of drug-likeness (QED) is 0.863. The Balaban J connectivity index is 2.22. The number of amides is 1. The van der Waals surface area contributed by atoms with Gasteiger partial charge in [-0.05, 0) is 42.8 Å². The van der Waals surface area contributed by atoms with Gasteiger partial charge >= 0.3 is 0 Å². The lowest BCUT2D eigenvalue weighted by atomic mass is 10.1. The summed E-state index contributed by atoms with van der Waals surface area (Å²) in [4.78, 5) is 16.1. The number of aryl methyl sites for hydroxylation is 1. The molecule has 0 spiro atoms. The first-order chi connectivity index (χ1) is 8.54. The fourth-order valence-corrected chi connectivity index (χ4v) is 2.47. The molecule has 1 amide bonds. The Morgan fingerprint density at radius 3 is 2.61 bits per heavy atom. The Hall–Kier alpha value is -1.20. The number of nitrogens with zero attached hydrogens (tertiary/aromatic N) is 1. The molecular formula is C13H10Br2N2O. The minimum Gasteiger partial charge on any atom is -0.307 e. The summed E-state index contributed by atoms with van der Waals surface area (Å²) in [7, 11) is 0. The van der Waals surface area contributed by atoms with Crippen molar-refractivity contribution < 1.29 is 4.79 Å². The Morgan fingerprint density at radius 1 is 1.17 bits per heavy atom. The van der Waals surface area contributed by atoms with Gasteiger partial charge in [0.25, 0.3) is 5.91 Å². The molecule has 0 atom stereocenters. The minimum absolute atomic E-state index is 0.176. The highest BCUT2D eigenvalue weighted by atomic mass is 79.9. The van der Waals surface area contributed by atoms with Crippen LogP contribution in [-0.4, -0.2) is 10.9 Å². The predicted molar refractivity (Wildman–Crippen MR) is 78.8 cm³/mol. The van der Waals surface area contributed by atoms with Crippen LogP contribution in [0.3, 0.4) is 0 Å². The van der Waals surface area contributed by atoms with Crippen molar-refractivity contribution in [2.45, 2.75) is 6.92 Å². The number of rotatable bonds is 2. The van der Waals surface area contributed by atoms with Crippen LogP contribution in [0.4, 0.5) is 5.82 Å². The molecule has 0 saturated carbocycles. The Bertz CT molecular complexity index is 579. The van der Waals surface area contributed by atoms with Crippen molar-refractivity contribution in [3.63, 3.8) is 0 Å². The van der Waals surface area contributed by atoms with Gasteiger partial charge in [-0.2, -0.15) is 0 Å². The second-order valence-electron chi connectivity index (χ2n) is 3.83. The third kappa shape index (κ3) is 3.40. The lowest BCUT2D eigenvalue weighted by Crippen LogP contribution is -2.13. The smallest absolute Gasteiger partial charge is 0.256 e. The largest absolute Gasteiger partial charge is 0.307 e. The number of carbonyl (C=O) groups is 1. The molecule has 0 aliphatic carbocycles. The summed E-state index contributed by atoms with van der Waals surface area (Å²) >= 11 is 6.71. The predicted octanol–water partition coefficient (Wildman–Crippen LogP) is 4.17. The molecule has 1 aromatic heterocycles. The Morgan fingerprint density at radius 2 is 1.94 bits per heavy atom. The molecule has 1 aromatic carbocycles. The van der Waals surface area contributed by atoms with Crippen molar-refractivity contribution in [1.29, 1.82) is 0 Å². The maximum atomic E-state index is 12.0. The van der Waals surface area contributed by atoms with Crippen molar-refractivity contribution in [3.8, 4) is 0 Å². The summed E-state index contributed by atoms with van der Waals surface area (Å²) in [6, 6.07) is 9.12. The first-order valence-corrected chi connectivity index (χ1v) is 6.83. The summed E-state index contributed by atoms with van der Waals surface area (Å²) in [6.45, 7) is 1.94. The van der Waals surface area contributed by atoms with Gasteiger partial charge in [0.1, 0.15) is 5.82 Å². The van der Waals surface area contributed by atoms with Crippen molar-refractivity contribution in [3.05, 3.63) is 56.6 Å². The van der Waals surface area contributed by atoms with Gasteiger partial charge in [-0.1, -0.05) is 31.9 Å². The van der Waals surface area contributed by atoms with Crippen LogP contribution in [0.5, 0.6) is 0 Å². The number of hydrogen-bond donors (Lipinski definition) is 1. The number of halogens is 2. The van der Waals surface area contributed by atoms with E-state index in [4.69, 9.17) is 0 Å². The Labute approximate surface area is 122 Å². The number of hydrogen-bond acceptors (Lipinski definition) is 2. The molecule has 3 nitrogen and oxygen atoms in total. The van der Waals surface area contributed by atoms with Gasteiger partial charge in [0.15, 0.2) is 0 Å². The van der Waals surface area contributed by atoms with E-state index in [1.54, 1.807) is 24.4 Å². The van der Waals surface area contributed by atoms with E-state index >= 15 is 0 Å². The van der Waals surface area contributed by atoms with Crippen LogP contribution in [0.15, 0.2) is 45.5 Å². The van der Waals surface area contributed by atoms with Crippen molar-refractivity contribution in [2.24, 2.45) is 0 Å². The van der Waals surface area contributed by atoms with Crippen LogP contribution >= 0.6 is 31.9 Å². The minimum atomic E-state index is -0.176. The summed E-state index contributed by atoms with van der Waals surface area (Å²) < 4.78 is 1.76. The number of nitrogens with one attached hydrogen (secondary N) is 1. The molecule has 0 unspecified atom stereocenters. The highest BCUT2D eigenvalue weighted by Gasteiger charge is 2.08. The average Bonchev–Trinajstić information content (AvgIpc) is 2.27. The van der Waals surface area contributed by atoms with Crippen molar-refractivity contribution in [1.82, 2.24) is 4.98 Å². The number of benzene rings is 1. The lowest BCUT2D eigenvalue weighted by Gasteiger charge is -2.06. The third-order valence-electron chi connectivity index (χ3n) is 2.27. The van der Waals surface area contributed by atoms with E-state index in [1.807, 2.05) is 19.1 Å². The van der Waals surface area contributed by atoms with E-state index in [1.165, 1.54) is 0 Å². The maximum absolute atomic E-state index is 12.0. The van der Waals surface area contributed by atoms with Crippen LogP contribution in [0.2, 0.25) is 0 Å². The summed E-state index contributed by atoms with van der Waals surface area (Å²) in [5.41, 5.74) is 1.63. The monoisotopic (exact) mass is 368 g/mol. The van der Waals surface area contributed by atoms with Gasteiger partial charge in [0.2, 0.25) is 0 Å². The van der Waals surface area contributed by atoms with Crippen molar-refractivity contribution >= 4 is 43.6 Å². The molecule has 0 aliphatic heterocycles. The fraction of sp³-hybridized carbons (Fsp3) is 0.0769. The molecule has 0 fully saturated rings. The number of anilines is 1. The van der Waals surface area contributed by atoms with Crippen molar-refractivity contribution in [2.75, 3.05) is 5.32 Å². The zero-order valence-electron chi connectivity index (χ0n) is 9.58. The molecular weight excluding hydrogens is 360 g/mol. The van der Waals surface area contributed by atoms with Gasteiger partial charge < -0.3 is 5.32 Å². The Kier molecular flexibility index (Phi) is 4.14. The van der Waals surface area contributed by atoms with E-state index in [0.717, 1.165) is 14.5 Å². The fourth-order valence-electron chi connectivity index (χ4n) is 1.53. The molecule has 0 bridgehead atoms. The highest BCUT2D eigenvalue weighted by Crippen LogP contribution is 2.17. The molecule has 1 N–H and O–H groups in total. The topological polar surface area (TPSA) is 42.0 Å². The van der Waals surface area contributed by atoms with E-state index in [2.05, 4.69) is 42.2 Å². The first-order valence-electron chi connectivity index (χ1n) is 5.25. The molecule has 18 heavy (non-hydrogen) atoms. The van der Waals surface area contributed by atoms with E-state index in [0.29, 0.717) is 11.4 Å². The van der Waals surface area contributed by atoms with E-state index < -0.39 is 0 Å². The normalized spacial score (nSPS) is 10.2. The molecule has 5 heteroatoms. The lowest BCUT2D eigenvalue weighted by molar-refractivity contribution is 0.102. The number of carbonyl (C=O) groups excluding carboxylic acids is 1. The van der Waals surface area contributed by atoms with Gasteiger partial charge in [0, 0.05) is 20.7 Å². The SMILES string of the molecule is Cc1cc(Br)cc(C(=O)Nc2cc(Br)ccn2)c1. The van der Waals surface area contributed by atoms with E-state index in [9.17, 15) is 4.79 Å². The molecule has 0 radical (unpaired) electrons. The summed E-state index contributed by atoms with van der Waals surface area (Å²) in [5, 5.41) is 2.75. The van der Waals surface area contributed by atoms with Crippen LogP contribution in [0, 0.1) is 6.92 Å². The van der Waals surface area contributed by atoms with Crippen LogP contribution in [0.25, 0.3) is 0 Å².